The van der Waals surface area contributed by atoms with E-state index in [0.717, 1.165) is 0 Å². The van der Waals surface area contributed by atoms with E-state index in [2.05, 4.69) is 49.9 Å². The molecule has 1 heterocycles. The first-order chi connectivity index (χ1) is 13.2. The first-order valence-electron chi connectivity index (χ1n) is 12.4. The van der Waals surface area contributed by atoms with E-state index in [9.17, 15) is 0 Å². The molecule has 1 atom stereocenters. The lowest BCUT2D eigenvalue weighted by atomic mass is 10.1. The molecule has 1 aliphatic rings. The summed E-state index contributed by atoms with van der Waals surface area (Å²) in [6.07, 6.45) is 27.8. The van der Waals surface area contributed by atoms with Gasteiger partial charge in [-0.15, -0.1) is 0 Å². The molecule has 0 aromatic rings. The van der Waals surface area contributed by atoms with Gasteiger partial charge in [-0.2, -0.15) is 0 Å². The number of rotatable bonds is 18. The van der Waals surface area contributed by atoms with Gasteiger partial charge in [0.2, 0.25) is 0 Å². The fraction of sp³-hybridized carbons (Fsp3) is 0.920. The van der Waals surface area contributed by atoms with E-state index in [0.29, 0.717) is 12.2 Å². The smallest absolute Gasteiger partial charge is 0.101 e. The molecule has 1 rings (SSSR count). The van der Waals surface area contributed by atoms with Crippen LogP contribution in [0.3, 0.4) is 0 Å². The van der Waals surface area contributed by atoms with Crippen molar-refractivity contribution in [2.24, 2.45) is 0 Å². The minimum Gasteiger partial charge on any atom is -0.356 e. The number of hydrogen-bond acceptors (Lipinski definition) is 2. The molecular weight excluding hydrogens is 328 g/mol. The predicted octanol–water partition coefficient (Wildman–Crippen LogP) is 8.09. The van der Waals surface area contributed by atoms with Crippen LogP contribution < -0.4 is 0 Å². The number of hydrogen-bond donors (Lipinski definition) is 0. The van der Waals surface area contributed by atoms with Crippen molar-refractivity contribution >= 4 is 0 Å². The maximum absolute atomic E-state index is 2.63. The Morgan fingerprint density at radius 1 is 0.630 bits per heavy atom. The largest absolute Gasteiger partial charge is 0.356 e. The second-order valence-corrected chi connectivity index (χ2v) is 8.94. The maximum Gasteiger partial charge on any atom is 0.101 e. The van der Waals surface area contributed by atoms with E-state index in [1.165, 1.54) is 109 Å². The van der Waals surface area contributed by atoms with Gasteiger partial charge < -0.3 is 9.80 Å². The predicted molar refractivity (Wildman–Crippen MR) is 122 cm³/mol. The van der Waals surface area contributed by atoms with E-state index >= 15 is 0 Å². The molecule has 0 saturated carbocycles. The third-order valence-electron chi connectivity index (χ3n) is 6.09. The summed E-state index contributed by atoms with van der Waals surface area (Å²) < 4.78 is 0. The molecule has 0 N–H and O–H groups in total. The summed E-state index contributed by atoms with van der Waals surface area (Å²) >= 11 is 0. The SMILES string of the molecule is CCCCCCCCCCCC1N(CCCCCCCC)C=CN1C(C)C. The lowest BCUT2D eigenvalue weighted by molar-refractivity contribution is 0.114. The summed E-state index contributed by atoms with van der Waals surface area (Å²) in [4.78, 5) is 5.21. The molecule has 0 aromatic carbocycles. The van der Waals surface area contributed by atoms with Crippen molar-refractivity contribution in [2.75, 3.05) is 6.54 Å². The van der Waals surface area contributed by atoms with Crippen molar-refractivity contribution in [1.29, 1.82) is 0 Å². The molecule has 0 amide bonds. The molecule has 0 spiro atoms. The van der Waals surface area contributed by atoms with E-state index in [1.54, 1.807) is 0 Å². The Hall–Kier alpha value is -0.660. The normalized spacial score (nSPS) is 16.9. The van der Waals surface area contributed by atoms with Gasteiger partial charge >= 0.3 is 0 Å². The van der Waals surface area contributed by atoms with Gasteiger partial charge in [-0.25, -0.2) is 0 Å². The second kappa shape index (κ2) is 16.3. The van der Waals surface area contributed by atoms with Crippen LogP contribution in [0.5, 0.6) is 0 Å². The van der Waals surface area contributed by atoms with Crippen LogP contribution in [0.4, 0.5) is 0 Å². The van der Waals surface area contributed by atoms with E-state index in [4.69, 9.17) is 0 Å². The zero-order valence-corrected chi connectivity index (χ0v) is 19.2. The van der Waals surface area contributed by atoms with E-state index in [1.807, 2.05) is 0 Å². The van der Waals surface area contributed by atoms with Crippen molar-refractivity contribution in [3.8, 4) is 0 Å². The van der Waals surface area contributed by atoms with Crippen LogP contribution >= 0.6 is 0 Å². The van der Waals surface area contributed by atoms with E-state index in [-0.39, 0.29) is 0 Å². The average molecular weight is 379 g/mol. The first kappa shape index (κ1) is 24.4. The van der Waals surface area contributed by atoms with E-state index < -0.39 is 0 Å². The molecule has 1 aliphatic heterocycles. The number of unbranched alkanes of at least 4 members (excludes halogenated alkanes) is 13. The molecule has 0 saturated heterocycles. The van der Waals surface area contributed by atoms with Crippen molar-refractivity contribution in [1.82, 2.24) is 9.80 Å². The standard InChI is InChI=1S/C25H50N2/c1-5-7-9-11-13-14-15-16-18-20-25-26(22-23-27(25)24(3)4)21-19-17-12-10-8-6-2/h22-25H,5-21H2,1-4H3. The van der Waals surface area contributed by atoms with Gasteiger partial charge in [0, 0.05) is 25.0 Å². The molecule has 0 fully saturated rings. The monoisotopic (exact) mass is 378 g/mol. The lowest BCUT2D eigenvalue weighted by Gasteiger charge is -2.35. The molecule has 0 aromatic heterocycles. The minimum atomic E-state index is 0.611. The fourth-order valence-corrected chi connectivity index (χ4v) is 4.30. The van der Waals surface area contributed by atoms with Crippen LogP contribution in [0.25, 0.3) is 0 Å². The molecule has 0 radical (unpaired) electrons. The van der Waals surface area contributed by atoms with Crippen molar-refractivity contribution in [3.63, 3.8) is 0 Å². The highest BCUT2D eigenvalue weighted by atomic mass is 15.4. The lowest BCUT2D eigenvalue weighted by Crippen LogP contribution is -2.42. The molecule has 0 bridgehead atoms. The topological polar surface area (TPSA) is 6.48 Å². The molecule has 1 unspecified atom stereocenters. The summed E-state index contributed by atoms with van der Waals surface area (Å²) in [5.41, 5.74) is 0. The Bertz CT molecular complexity index is 350. The summed E-state index contributed by atoms with van der Waals surface area (Å²) in [6, 6.07) is 0.611. The van der Waals surface area contributed by atoms with Crippen molar-refractivity contribution in [3.05, 3.63) is 12.4 Å². The molecular formula is C25H50N2. The van der Waals surface area contributed by atoms with Crippen LogP contribution in [0.1, 0.15) is 130 Å². The van der Waals surface area contributed by atoms with Crippen molar-refractivity contribution in [2.45, 2.75) is 143 Å². The van der Waals surface area contributed by atoms with Crippen LogP contribution in [-0.4, -0.2) is 28.6 Å². The van der Waals surface area contributed by atoms with Gasteiger partial charge in [0.15, 0.2) is 0 Å². The Morgan fingerprint density at radius 3 is 1.63 bits per heavy atom. The zero-order chi connectivity index (χ0) is 19.7. The highest BCUT2D eigenvalue weighted by Gasteiger charge is 2.26. The summed E-state index contributed by atoms with van der Waals surface area (Å²) in [7, 11) is 0. The van der Waals surface area contributed by atoms with Gasteiger partial charge in [-0.1, -0.05) is 97.3 Å². The van der Waals surface area contributed by atoms with Gasteiger partial charge in [-0.05, 0) is 33.1 Å². The molecule has 2 nitrogen and oxygen atoms in total. The highest BCUT2D eigenvalue weighted by molar-refractivity contribution is 4.98. The summed E-state index contributed by atoms with van der Waals surface area (Å²) in [6.45, 7) is 10.5. The number of nitrogens with zero attached hydrogens (tertiary/aromatic N) is 2. The van der Waals surface area contributed by atoms with Gasteiger partial charge in [0.25, 0.3) is 0 Å². The third kappa shape index (κ3) is 11.1. The average Bonchev–Trinajstić information content (AvgIpc) is 3.06. The van der Waals surface area contributed by atoms with Crippen LogP contribution in [-0.2, 0) is 0 Å². The molecule has 2 heteroatoms. The van der Waals surface area contributed by atoms with Gasteiger partial charge in [0.1, 0.15) is 6.17 Å². The Balaban J connectivity index is 2.18. The van der Waals surface area contributed by atoms with Crippen LogP contribution in [0, 0.1) is 0 Å². The van der Waals surface area contributed by atoms with Crippen LogP contribution in [0.15, 0.2) is 12.4 Å². The van der Waals surface area contributed by atoms with Gasteiger partial charge in [0.05, 0.1) is 0 Å². The van der Waals surface area contributed by atoms with Crippen molar-refractivity contribution < 1.29 is 0 Å². The minimum absolute atomic E-state index is 0.611. The molecule has 27 heavy (non-hydrogen) atoms. The molecule has 0 aliphatic carbocycles. The highest BCUT2D eigenvalue weighted by Crippen LogP contribution is 2.24. The quantitative estimate of drug-likeness (QED) is 0.222. The van der Waals surface area contributed by atoms with Crippen LogP contribution in [0.2, 0.25) is 0 Å². The Labute approximate surface area is 171 Å². The second-order valence-electron chi connectivity index (χ2n) is 8.94. The fourth-order valence-electron chi connectivity index (χ4n) is 4.30. The van der Waals surface area contributed by atoms with Gasteiger partial charge in [-0.3, -0.25) is 0 Å². The Morgan fingerprint density at radius 2 is 1.11 bits per heavy atom. The summed E-state index contributed by atoms with van der Waals surface area (Å²) in [5, 5.41) is 0. The zero-order valence-electron chi connectivity index (χ0n) is 19.2. The Kier molecular flexibility index (Phi) is 14.7. The summed E-state index contributed by atoms with van der Waals surface area (Å²) in [5.74, 6) is 0. The first-order valence-corrected chi connectivity index (χ1v) is 12.4. The molecule has 160 valence electrons. The third-order valence-corrected chi connectivity index (χ3v) is 6.09. The maximum atomic E-state index is 2.63.